The molecule has 9 heteroatoms. The summed E-state index contributed by atoms with van der Waals surface area (Å²) in [5.41, 5.74) is 0.535. The summed E-state index contributed by atoms with van der Waals surface area (Å²) in [6.07, 6.45) is -0.278. The topological polar surface area (TPSA) is 92.2 Å². The molecule has 156 valence electrons. The average molecular weight is 420 g/mol. The highest BCUT2D eigenvalue weighted by atomic mass is 32.1. The van der Waals surface area contributed by atoms with Gasteiger partial charge in [-0.2, -0.15) is 0 Å². The van der Waals surface area contributed by atoms with Crippen molar-refractivity contribution in [1.29, 1.82) is 0 Å². The van der Waals surface area contributed by atoms with Gasteiger partial charge in [0, 0.05) is 31.6 Å². The minimum atomic E-state index is -0.965. The van der Waals surface area contributed by atoms with Crippen LogP contribution in [0, 0.1) is 0 Å². The van der Waals surface area contributed by atoms with E-state index >= 15 is 0 Å². The third kappa shape index (κ3) is 5.83. The molecule has 2 aromatic rings. The molecule has 1 N–H and O–H groups in total. The van der Waals surface area contributed by atoms with Gasteiger partial charge in [-0.05, 0) is 45.0 Å². The molecule has 0 atom stereocenters. The number of amides is 1. The van der Waals surface area contributed by atoms with Gasteiger partial charge in [0.15, 0.2) is 5.13 Å². The predicted octanol–water partition coefficient (Wildman–Crippen LogP) is 3.48. The van der Waals surface area contributed by atoms with Crippen molar-refractivity contribution in [1.82, 2.24) is 9.88 Å². The molecule has 0 bridgehead atoms. The van der Waals surface area contributed by atoms with Crippen molar-refractivity contribution in [3.63, 3.8) is 0 Å². The molecule has 1 aromatic carbocycles. The lowest BCUT2D eigenvalue weighted by molar-refractivity contribution is 0.0240. The monoisotopic (exact) mass is 419 g/mol. The second-order valence-electron chi connectivity index (χ2n) is 7.69. The van der Waals surface area contributed by atoms with E-state index in [1.54, 1.807) is 17.0 Å². The Bertz CT molecular complexity index is 852. The molecule has 3 rings (SSSR count). The number of nitrogens with zero attached hydrogens (tertiary/aromatic N) is 3. The number of rotatable bonds is 5. The van der Waals surface area contributed by atoms with Crippen LogP contribution < -0.4 is 9.64 Å². The van der Waals surface area contributed by atoms with Crippen LogP contribution in [0.5, 0.6) is 5.75 Å². The third-order valence-corrected chi connectivity index (χ3v) is 5.18. The van der Waals surface area contributed by atoms with E-state index in [9.17, 15) is 9.59 Å². The summed E-state index contributed by atoms with van der Waals surface area (Å²) in [5, 5.41) is 11.8. The van der Waals surface area contributed by atoms with Gasteiger partial charge in [-0.3, -0.25) is 0 Å². The average Bonchev–Trinajstić information content (AvgIpc) is 3.14. The number of ether oxygens (including phenoxy) is 2. The largest absolute Gasteiger partial charge is 0.487 e. The van der Waals surface area contributed by atoms with E-state index in [-0.39, 0.29) is 11.7 Å². The number of carboxylic acid groups (broad SMARTS) is 1. The highest BCUT2D eigenvalue weighted by Gasteiger charge is 2.26. The van der Waals surface area contributed by atoms with E-state index in [1.807, 2.05) is 26.2 Å². The molecule has 29 heavy (non-hydrogen) atoms. The lowest BCUT2D eigenvalue weighted by Gasteiger charge is -2.35. The quantitative estimate of drug-likeness (QED) is 0.793. The highest BCUT2D eigenvalue weighted by molar-refractivity contribution is 7.13. The van der Waals surface area contributed by atoms with Gasteiger partial charge in [0.25, 0.3) is 0 Å². The minimum Gasteiger partial charge on any atom is -0.487 e. The molecule has 0 unspecified atom stereocenters. The van der Waals surface area contributed by atoms with Crippen LogP contribution >= 0.6 is 11.3 Å². The van der Waals surface area contributed by atoms with Crippen molar-refractivity contribution in [2.45, 2.75) is 33.0 Å². The number of aromatic nitrogens is 1. The molecular formula is C20H25N3O5S. The van der Waals surface area contributed by atoms with Gasteiger partial charge in [0.1, 0.15) is 18.0 Å². The summed E-state index contributed by atoms with van der Waals surface area (Å²) in [7, 11) is 0. The minimum absolute atomic E-state index is 0.221. The van der Waals surface area contributed by atoms with E-state index in [1.165, 1.54) is 23.5 Å². The Balaban J connectivity index is 1.49. The first kappa shape index (κ1) is 20.9. The van der Waals surface area contributed by atoms with Crippen LogP contribution in [0.4, 0.5) is 9.93 Å². The van der Waals surface area contributed by atoms with Crippen LogP contribution in [-0.2, 0) is 11.3 Å². The van der Waals surface area contributed by atoms with Gasteiger partial charge in [-0.1, -0.05) is 0 Å². The lowest BCUT2D eigenvalue weighted by Crippen LogP contribution is -2.50. The van der Waals surface area contributed by atoms with E-state index in [0.717, 1.165) is 10.8 Å². The Labute approximate surface area is 173 Å². The molecule has 1 aliphatic heterocycles. The van der Waals surface area contributed by atoms with Gasteiger partial charge in [0.2, 0.25) is 0 Å². The normalized spacial score (nSPS) is 14.6. The molecule has 1 saturated heterocycles. The zero-order valence-electron chi connectivity index (χ0n) is 16.8. The van der Waals surface area contributed by atoms with E-state index in [4.69, 9.17) is 14.6 Å². The van der Waals surface area contributed by atoms with E-state index in [2.05, 4.69) is 9.88 Å². The molecule has 1 aromatic heterocycles. The molecule has 0 aliphatic carbocycles. The fourth-order valence-corrected chi connectivity index (χ4v) is 3.63. The molecule has 8 nitrogen and oxygen atoms in total. The molecule has 2 heterocycles. The first-order valence-electron chi connectivity index (χ1n) is 9.35. The third-order valence-electron chi connectivity index (χ3n) is 4.23. The molecule has 1 fully saturated rings. The number of anilines is 1. The van der Waals surface area contributed by atoms with E-state index in [0.29, 0.717) is 38.5 Å². The van der Waals surface area contributed by atoms with Crippen LogP contribution in [-0.4, -0.2) is 58.8 Å². The summed E-state index contributed by atoms with van der Waals surface area (Å²) in [5.74, 6) is -0.372. The number of carbonyl (C=O) groups is 2. The number of aromatic carboxylic acids is 1. The van der Waals surface area contributed by atoms with Crippen LogP contribution in [0.1, 0.15) is 36.8 Å². The standard InChI is InChI=1S/C20H25N3O5S/c1-20(2,3)28-19(26)23-10-8-22(9-11-23)18-21-15(13-29-18)12-27-16-6-4-14(5-7-16)17(24)25/h4-7,13H,8-12H2,1-3H3,(H,24,25). The number of benzene rings is 1. The fraction of sp³-hybridized carbons (Fsp3) is 0.450. The SMILES string of the molecule is CC(C)(C)OC(=O)N1CCN(c2nc(COc3ccc(C(=O)O)cc3)cs2)CC1. The van der Waals surface area contributed by atoms with Gasteiger partial charge < -0.3 is 24.4 Å². The molecule has 1 aliphatic rings. The number of carbonyl (C=O) groups excluding carboxylic acids is 1. The van der Waals surface area contributed by atoms with Gasteiger partial charge in [0.05, 0.1) is 11.3 Å². The van der Waals surface area contributed by atoms with Crippen LogP contribution in [0.15, 0.2) is 29.6 Å². The maximum absolute atomic E-state index is 12.2. The summed E-state index contributed by atoms with van der Waals surface area (Å²) in [4.78, 5) is 31.5. The zero-order chi connectivity index (χ0) is 21.0. The Morgan fingerprint density at radius 3 is 2.38 bits per heavy atom. The van der Waals surface area contributed by atoms with Crippen LogP contribution in [0.3, 0.4) is 0 Å². The highest BCUT2D eigenvalue weighted by Crippen LogP contribution is 2.23. The van der Waals surface area contributed by atoms with Crippen molar-refractivity contribution < 1.29 is 24.2 Å². The number of piperazine rings is 1. The Morgan fingerprint density at radius 2 is 1.79 bits per heavy atom. The summed E-state index contributed by atoms with van der Waals surface area (Å²) in [6, 6.07) is 6.28. The number of thiazole rings is 1. The second-order valence-corrected chi connectivity index (χ2v) is 8.53. The summed E-state index contributed by atoms with van der Waals surface area (Å²) in [6.45, 7) is 8.48. The molecule has 0 radical (unpaired) electrons. The molecular weight excluding hydrogens is 394 g/mol. The lowest BCUT2D eigenvalue weighted by atomic mass is 10.2. The van der Waals surface area contributed by atoms with Crippen molar-refractivity contribution in [3.05, 3.63) is 40.9 Å². The number of carboxylic acids is 1. The van der Waals surface area contributed by atoms with Crippen molar-refractivity contribution in [2.24, 2.45) is 0 Å². The predicted molar refractivity (Wildman–Crippen MR) is 110 cm³/mol. The van der Waals surface area contributed by atoms with Gasteiger partial charge in [-0.15, -0.1) is 11.3 Å². The Kier molecular flexibility index (Phi) is 6.26. The van der Waals surface area contributed by atoms with Gasteiger partial charge in [-0.25, -0.2) is 14.6 Å². The maximum Gasteiger partial charge on any atom is 0.410 e. The summed E-state index contributed by atoms with van der Waals surface area (Å²) < 4.78 is 11.1. The van der Waals surface area contributed by atoms with Crippen molar-refractivity contribution in [3.8, 4) is 5.75 Å². The Morgan fingerprint density at radius 1 is 1.14 bits per heavy atom. The first-order valence-corrected chi connectivity index (χ1v) is 10.2. The van der Waals surface area contributed by atoms with Gasteiger partial charge >= 0.3 is 12.1 Å². The Hall–Kier alpha value is -2.81. The molecule has 0 saturated carbocycles. The van der Waals surface area contributed by atoms with Crippen molar-refractivity contribution in [2.75, 3.05) is 31.1 Å². The maximum atomic E-state index is 12.2. The fourth-order valence-electron chi connectivity index (χ4n) is 2.77. The van der Waals surface area contributed by atoms with Crippen molar-refractivity contribution >= 4 is 28.5 Å². The molecule has 1 amide bonds. The first-order chi connectivity index (χ1) is 13.7. The second kappa shape index (κ2) is 8.69. The number of hydrogen-bond donors (Lipinski definition) is 1. The zero-order valence-corrected chi connectivity index (χ0v) is 17.6. The van der Waals surface area contributed by atoms with Crippen LogP contribution in [0.25, 0.3) is 0 Å². The molecule has 0 spiro atoms. The van der Waals surface area contributed by atoms with Crippen LogP contribution in [0.2, 0.25) is 0 Å². The number of hydrogen-bond acceptors (Lipinski definition) is 7. The van der Waals surface area contributed by atoms with E-state index < -0.39 is 11.6 Å². The summed E-state index contributed by atoms with van der Waals surface area (Å²) >= 11 is 1.54. The smallest absolute Gasteiger partial charge is 0.410 e.